The fraction of sp³-hybridized carbons (Fsp3) is 0.472. The van der Waals surface area contributed by atoms with Gasteiger partial charge in [-0.1, -0.05) is 54.6 Å². The number of benzene rings is 3. The van der Waals surface area contributed by atoms with E-state index in [1.165, 1.54) is 0 Å². The van der Waals surface area contributed by atoms with Gasteiger partial charge in [0, 0.05) is 25.2 Å². The first-order valence-corrected chi connectivity index (χ1v) is 16.9. The van der Waals surface area contributed by atoms with Gasteiger partial charge in [-0.2, -0.15) is 5.26 Å². The zero-order chi connectivity index (χ0) is 32.4. The van der Waals surface area contributed by atoms with Crippen LogP contribution in [0.5, 0.6) is 11.5 Å². The van der Waals surface area contributed by atoms with Crippen molar-refractivity contribution in [3.8, 4) is 17.6 Å². The van der Waals surface area contributed by atoms with Crippen LogP contribution in [0.15, 0.2) is 78.9 Å². The Morgan fingerprint density at radius 2 is 1.40 bits per heavy atom. The van der Waals surface area contributed by atoms with Crippen LogP contribution in [0.25, 0.3) is 0 Å². The van der Waals surface area contributed by atoms with Crippen molar-refractivity contribution in [2.75, 3.05) is 40.5 Å². The Morgan fingerprint density at radius 1 is 0.867 bits per heavy atom. The highest BCUT2D eigenvalue weighted by Crippen LogP contribution is 2.50. The van der Waals surface area contributed by atoms with Crippen molar-refractivity contribution in [2.24, 2.45) is 0 Å². The van der Waals surface area contributed by atoms with Gasteiger partial charge >= 0.3 is 0 Å². The van der Waals surface area contributed by atoms with E-state index in [9.17, 15) is 5.26 Å². The van der Waals surface area contributed by atoms with Crippen molar-refractivity contribution in [1.82, 2.24) is 9.34 Å². The van der Waals surface area contributed by atoms with Crippen LogP contribution < -0.4 is 9.47 Å². The van der Waals surface area contributed by atoms with Crippen molar-refractivity contribution in [2.45, 2.75) is 70.9 Å². The van der Waals surface area contributed by atoms with Gasteiger partial charge in [0.15, 0.2) is 8.45 Å². The third kappa shape index (κ3) is 8.42. The average Bonchev–Trinajstić information content (AvgIpc) is 3.05. The molecule has 9 heteroatoms. The second-order valence-electron chi connectivity index (χ2n) is 11.8. The van der Waals surface area contributed by atoms with Crippen LogP contribution in [-0.4, -0.2) is 74.2 Å². The van der Waals surface area contributed by atoms with Gasteiger partial charge in [0.2, 0.25) is 0 Å². The first-order chi connectivity index (χ1) is 21.7. The summed E-state index contributed by atoms with van der Waals surface area (Å²) in [6.07, 6.45) is 0.129. The summed E-state index contributed by atoms with van der Waals surface area (Å²) in [6.45, 7) is 13.0. The summed E-state index contributed by atoms with van der Waals surface area (Å²) in [6, 6.07) is 29.3. The average molecular weight is 634 g/mol. The van der Waals surface area contributed by atoms with E-state index in [1.54, 1.807) is 14.2 Å². The molecule has 1 unspecified atom stereocenters. The van der Waals surface area contributed by atoms with Crippen LogP contribution in [0, 0.1) is 11.3 Å². The van der Waals surface area contributed by atoms with E-state index in [0.717, 1.165) is 34.7 Å². The molecule has 1 fully saturated rings. The summed E-state index contributed by atoms with van der Waals surface area (Å²) >= 11 is 0. The molecule has 0 bridgehead atoms. The van der Waals surface area contributed by atoms with E-state index < -0.39 is 14.1 Å². The maximum Gasteiger partial charge on any atom is 0.188 e. The predicted octanol–water partition coefficient (Wildman–Crippen LogP) is 7.38. The van der Waals surface area contributed by atoms with Gasteiger partial charge in [-0.25, -0.2) is 9.34 Å². The number of morpholine rings is 1. The summed E-state index contributed by atoms with van der Waals surface area (Å²) in [7, 11) is 2.23. The van der Waals surface area contributed by atoms with E-state index in [-0.39, 0.29) is 24.3 Å². The van der Waals surface area contributed by atoms with Gasteiger partial charge in [-0.05, 0) is 75.6 Å². The van der Waals surface area contributed by atoms with Crippen LogP contribution in [0.1, 0.15) is 57.7 Å². The molecule has 0 saturated carbocycles. The zero-order valence-corrected chi connectivity index (χ0v) is 28.6. The Hall–Kier alpha value is -3.02. The quantitative estimate of drug-likeness (QED) is 0.0975. The lowest BCUT2D eigenvalue weighted by atomic mass is 9.80. The summed E-state index contributed by atoms with van der Waals surface area (Å²) < 4.78 is 36.0. The maximum atomic E-state index is 9.22. The lowest BCUT2D eigenvalue weighted by Crippen LogP contribution is -2.50. The summed E-state index contributed by atoms with van der Waals surface area (Å²) in [5.41, 5.74) is 2.04. The molecule has 1 heterocycles. The SMILES string of the molecule is COc1ccc(C(OC[C@@H]2CN(P(OCCC#N)N(C(C)C)C(C)C)C[C@H](C)O2)(c2ccccc2)c2ccc(OC)cc2)cc1. The number of rotatable bonds is 15. The number of hydrogen-bond donors (Lipinski definition) is 0. The van der Waals surface area contributed by atoms with E-state index in [2.05, 4.69) is 86.4 Å². The molecular weight excluding hydrogens is 585 g/mol. The summed E-state index contributed by atoms with van der Waals surface area (Å²) in [5.74, 6) is 1.56. The molecule has 1 saturated heterocycles. The van der Waals surface area contributed by atoms with Gasteiger partial charge in [-0.15, -0.1) is 0 Å². The Bertz CT molecular complexity index is 1290. The maximum absolute atomic E-state index is 9.22. The molecule has 0 spiro atoms. The van der Waals surface area contributed by atoms with Crippen molar-refractivity contribution in [3.63, 3.8) is 0 Å². The van der Waals surface area contributed by atoms with Gasteiger partial charge in [-0.3, -0.25) is 0 Å². The molecule has 3 aromatic rings. The van der Waals surface area contributed by atoms with Crippen molar-refractivity contribution < 1.29 is 23.5 Å². The first-order valence-electron chi connectivity index (χ1n) is 15.7. The Kier molecular flexibility index (Phi) is 12.8. The highest BCUT2D eigenvalue weighted by Gasteiger charge is 2.41. The van der Waals surface area contributed by atoms with E-state index in [0.29, 0.717) is 26.2 Å². The normalized spacial score (nSPS) is 18.2. The van der Waals surface area contributed by atoms with Crippen molar-refractivity contribution in [3.05, 3.63) is 95.6 Å². The Morgan fingerprint density at radius 3 is 1.89 bits per heavy atom. The monoisotopic (exact) mass is 633 g/mol. The van der Waals surface area contributed by atoms with Gasteiger partial charge in [0.1, 0.15) is 17.1 Å². The standard InChI is InChI=1S/C36H48N3O5P/c1-27(2)39(28(3)4)45(43-23-11-22-37)38-24-29(5)44-35(25-38)26-42-36(30-12-9-8-10-13-30,31-14-18-33(40-6)19-15-31)32-16-20-34(41-7)21-17-32/h8-10,12-21,27-29,35H,11,23-26H2,1-7H3/t29-,35-,45?/m0/s1. The van der Waals surface area contributed by atoms with Gasteiger partial charge < -0.3 is 23.5 Å². The van der Waals surface area contributed by atoms with E-state index in [4.69, 9.17) is 23.5 Å². The highest BCUT2D eigenvalue weighted by molar-refractivity contribution is 7.47. The number of methoxy groups -OCH3 is 2. The van der Waals surface area contributed by atoms with Crippen LogP contribution >= 0.6 is 8.45 Å². The van der Waals surface area contributed by atoms with Crippen LogP contribution in [0.4, 0.5) is 0 Å². The molecule has 1 aliphatic rings. The van der Waals surface area contributed by atoms with Gasteiger partial charge in [0.05, 0.1) is 52.1 Å². The first kappa shape index (κ1) is 34.8. The number of ether oxygens (including phenoxy) is 4. The third-order valence-electron chi connectivity index (χ3n) is 7.88. The fourth-order valence-corrected chi connectivity index (χ4v) is 8.33. The number of nitrogens with zero attached hydrogens (tertiary/aromatic N) is 3. The molecule has 45 heavy (non-hydrogen) atoms. The lowest BCUT2D eigenvalue weighted by Gasteiger charge is -2.46. The van der Waals surface area contributed by atoms with Crippen LogP contribution in [-0.2, 0) is 19.6 Å². The van der Waals surface area contributed by atoms with E-state index >= 15 is 0 Å². The Balaban J connectivity index is 1.72. The van der Waals surface area contributed by atoms with Crippen LogP contribution in [0.2, 0.25) is 0 Å². The molecule has 0 radical (unpaired) electrons. The minimum absolute atomic E-state index is 0.0220. The molecule has 0 aliphatic carbocycles. The third-order valence-corrected chi connectivity index (χ3v) is 10.4. The molecule has 242 valence electrons. The zero-order valence-electron chi connectivity index (χ0n) is 27.7. The minimum atomic E-state index is -1.12. The fourth-order valence-electron chi connectivity index (χ4n) is 6.00. The summed E-state index contributed by atoms with van der Waals surface area (Å²) in [4.78, 5) is 0. The molecular formula is C36H48N3O5P. The molecule has 8 nitrogen and oxygen atoms in total. The Labute approximate surface area is 270 Å². The van der Waals surface area contributed by atoms with Crippen LogP contribution in [0.3, 0.4) is 0 Å². The largest absolute Gasteiger partial charge is 0.497 e. The molecule has 4 rings (SSSR count). The summed E-state index contributed by atoms with van der Waals surface area (Å²) in [5, 5.41) is 9.22. The second kappa shape index (κ2) is 16.5. The topological polar surface area (TPSA) is 76.4 Å². The van der Waals surface area contributed by atoms with Gasteiger partial charge in [0.25, 0.3) is 0 Å². The van der Waals surface area contributed by atoms with E-state index in [1.807, 2.05) is 42.5 Å². The lowest BCUT2D eigenvalue weighted by molar-refractivity contribution is -0.115. The highest BCUT2D eigenvalue weighted by atomic mass is 31.2. The van der Waals surface area contributed by atoms with Crippen molar-refractivity contribution >= 4 is 8.45 Å². The second-order valence-corrected chi connectivity index (χ2v) is 13.6. The molecule has 0 aromatic heterocycles. The minimum Gasteiger partial charge on any atom is -0.497 e. The molecule has 0 N–H and O–H groups in total. The van der Waals surface area contributed by atoms with Crippen molar-refractivity contribution in [1.29, 1.82) is 5.26 Å². The smallest absolute Gasteiger partial charge is 0.188 e. The molecule has 3 atom stereocenters. The number of hydrogen-bond acceptors (Lipinski definition) is 8. The molecule has 3 aromatic carbocycles. The molecule has 0 amide bonds. The predicted molar refractivity (Wildman–Crippen MR) is 179 cm³/mol. The molecule has 1 aliphatic heterocycles. The number of nitriles is 1.